The molecule has 1 nitrogen and oxygen atoms in total. The van der Waals surface area contributed by atoms with Crippen molar-refractivity contribution in [3.05, 3.63) is 36.1 Å². The van der Waals surface area contributed by atoms with E-state index in [4.69, 9.17) is 0 Å². The molecule has 0 saturated carbocycles. The lowest BCUT2D eigenvalue weighted by atomic mass is 10.1. The van der Waals surface area contributed by atoms with E-state index in [1.165, 1.54) is 95.7 Å². The molecule has 0 saturated heterocycles. The van der Waals surface area contributed by atoms with Crippen LogP contribution >= 0.6 is 0 Å². The highest BCUT2D eigenvalue weighted by Crippen LogP contribution is 2.13. The third kappa shape index (κ3) is 11.2. The zero-order chi connectivity index (χ0) is 16.6. The standard InChI is InChI=1S/C22H39N/c1-3-5-7-9-11-15-19-23(21-22-17-13-14-18-22)20-16-12-10-8-6-4-2/h13-14,17-18,21H,3-12,15-16,19-20H2,1-2H3. The second-order valence-corrected chi connectivity index (χ2v) is 6.92. The largest absolute Gasteiger partial charge is 0.377 e. The van der Waals surface area contributed by atoms with Gasteiger partial charge >= 0.3 is 0 Å². The molecule has 1 aliphatic rings. The number of nitrogens with zero attached hydrogens (tertiary/aromatic N) is 1. The summed E-state index contributed by atoms with van der Waals surface area (Å²) in [6.07, 6.45) is 27.7. The Labute approximate surface area is 145 Å². The molecule has 1 aliphatic carbocycles. The monoisotopic (exact) mass is 317 g/mol. The van der Waals surface area contributed by atoms with Crippen LogP contribution in [0, 0.1) is 0 Å². The maximum Gasteiger partial charge on any atom is 0.0172 e. The fourth-order valence-electron chi connectivity index (χ4n) is 3.12. The third-order valence-electron chi connectivity index (χ3n) is 4.62. The fraction of sp³-hybridized carbons (Fsp3) is 0.727. The molecule has 0 aromatic heterocycles. The summed E-state index contributed by atoms with van der Waals surface area (Å²) in [5.41, 5.74) is 1.36. The lowest BCUT2D eigenvalue weighted by molar-refractivity contribution is 0.348. The van der Waals surface area contributed by atoms with Gasteiger partial charge in [-0.1, -0.05) is 102 Å². The van der Waals surface area contributed by atoms with Crippen molar-refractivity contribution in [2.75, 3.05) is 13.1 Å². The van der Waals surface area contributed by atoms with Gasteiger partial charge < -0.3 is 4.90 Å². The molecule has 0 bridgehead atoms. The molecule has 0 atom stereocenters. The van der Waals surface area contributed by atoms with Crippen LogP contribution in [-0.2, 0) is 0 Å². The van der Waals surface area contributed by atoms with Crippen LogP contribution < -0.4 is 0 Å². The molecule has 0 fully saturated rings. The van der Waals surface area contributed by atoms with Crippen molar-refractivity contribution in [1.29, 1.82) is 0 Å². The van der Waals surface area contributed by atoms with Gasteiger partial charge in [0.1, 0.15) is 0 Å². The quantitative estimate of drug-likeness (QED) is 0.293. The van der Waals surface area contributed by atoms with E-state index in [1.807, 2.05) is 0 Å². The SMILES string of the molecule is CCCCCCCCN(C=C1C=CC=C1)CCCCCCCC. The molecule has 0 N–H and O–H groups in total. The predicted molar refractivity (Wildman–Crippen MR) is 105 cm³/mol. The van der Waals surface area contributed by atoms with Crippen LogP contribution in [0.1, 0.15) is 90.9 Å². The zero-order valence-corrected chi connectivity index (χ0v) is 15.7. The number of unbranched alkanes of at least 4 members (excludes halogenated alkanes) is 10. The van der Waals surface area contributed by atoms with Crippen molar-refractivity contribution in [1.82, 2.24) is 4.90 Å². The summed E-state index contributed by atoms with van der Waals surface area (Å²) in [5, 5.41) is 0. The van der Waals surface area contributed by atoms with E-state index in [2.05, 4.69) is 49.3 Å². The molecule has 0 heterocycles. The van der Waals surface area contributed by atoms with Crippen molar-refractivity contribution in [3.63, 3.8) is 0 Å². The molecule has 0 aliphatic heterocycles. The minimum absolute atomic E-state index is 1.23. The normalized spacial score (nSPS) is 13.0. The van der Waals surface area contributed by atoms with Gasteiger partial charge in [-0.3, -0.25) is 0 Å². The Morgan fingerprint density at radius 1 is 0.652 bits per heavy atom. The molecule has 1 rings (SSSR count). The van der Waals surface area contributed by atoms with Gasteiger partial charge in [0.2, 0.25) is 0 Å². The second kappa shape index (κ2) is 14.6. The van der Waals surface area contributed by atoms with Gasteiger partial charge in [0.15, 0.2) is 0 Å². The summed E-state index contributed by atoms with van der Waals surface area (Å²) >= 11 is 0. The first-order valence-corrected chi connectivity index (χ1v) is 10.2. The molecule has 0 unspecified atom stereocenters. The highest BCUT2D eigenvalue weighted by Gasteiger charge is 2.02. The highest BCUT2D eigenvalue weighted by atomic mass is 15.1. The molecular formula is C22H39N. The van der Waals surface area contributed by atoms with Crippen molar-refractivity contribution < 1.29 is 0 Å². The fourth-order valence-corrected chi connectivity index (χ4v) is 3.12. The number of allylic oxidation sites excluding steroid dienone is 5. The van der Waals surface area contributed by atoms with Crippen LogP contribution in [0.25, 0.3) is 0 Å². The van der Waals surface area contributed by atoms with E-state index in [0.29, 0.717) is 0 Å². The van der Waals surface area contributed by atoms with E-state index in [9.17, 15) is 0 Å². The van der Waals surface area contributed by atoms with Crippen molar-refractivity contribution in [3.8, 4) is 0 Å². The number of hydrogen-bond acceptors (Lipinski definition) is 1. The van der Waals surface area contributed by atoms with Gasteiger partial charge in [-0.25, -0.2) is 0 Å². The summed E-state index contributed by atoms with van der Waals surface area (Å²) in [5.74, 6) is 0. The first kappa shape index (κ1) is 20.1. The molecule has 0 radical (unpaired) electrons. The van der Waals surface area contributed by atoms with Crippen LogP contribution in [0.5, 0.6) is 0 Å². The lowest BCUT2D eigenvalue weighted by Gasteiger charge is -2.21. The molecule has 132 valence electrons. The van der Waals surface area contributed by atoms with Crippen molar-refractivity contribution >= 4 is 0 Å². The Kier molecular flexibility index (Phi) is 12.7. The Hall–Kier alpha value is -0.980. The summed E-state index contributed by atoms with van der Waals surface area (Å²) < 4.78 is 0. The minimum atomic E-state index is 1.23. The van der Waals surface area contributed by atoms with Crippen LogP contribution in [0.3, 0.4) is 0 Å². The Bertz CT molecular complexity index is 321. The van der Waals surface area contributed by atoms with Crippen molar-refractivity contribution in [2.24, 2.45) is 0 Å². The lowest BCUT2D eigenvalue weighted by Crippen LogP contribution is -2.20. The van der Waals surface area contributed by atoms with Gasteiger partial charge in [-0.2, -0.15) is 0 Å². The van der Waals surface area contributed by atoms with Crippen LogP contribution in [-0.4, -0.2) is 18.0 Å². The topological polar surface area (TPSA) is 3.24 Å². The zero-order valence-electron chi connectivity index (χ0n) is 15.7. The first-order chi connectivity index (χ1) is 11.4. The van der Waals surface area contributed by atoms with E-state index in [1.54, 1.807) is 0 Å². The summed E-state index contributed by atoms with van der Waals surface area (Å²) in [4.78, 5) is 2.56. The maximum atomic E-state index is 2.56. The average Bonchev–Trinajstić information content (AvgIpc) is 3.06. The number of hydrogen-bond donors (Lipinski definition) is 0. The van der Waals surface area contributed by atoms with Crippen LogP contribution in [0.15, 0.2) is 36.1 Å². The van der Waals surface area contributed by atoms with Gasteiger partial charge in [0, 0.05) is 19.3 Å². The second-order valence-electron chi connectivity index (χ2n) is 6.92. The van der Waals surface area contributed by atoms with E-state index in [0.717, 1.165) is 0 Å². The van der Waals surface area contributed by atoms with Gasteiger partial charge in [-0.05, 0) is 18.4 Å². The third-order valence-corrected chi connectivity index (χ3v) is 4.62. The average molecular weight is 318 g/mol. The van der Waals surface area contributed by atoms with E-state index < -0.39 is 0 Å². The van der Waals surface area contributed by atoms with Gasteiger partial charge in [0.05, 0.1) is 0 Å². The molecule has 0 aromatic carbocycles. The predicted octanol–water partition coefficient (Wildman–Crippen LogP) is 7.02. The van der Waals surface area contributed by atoms with E-state index in [-0.39, 0.29) is 0 Å². The van der Waals surface area contributed by atoms with E-state index >= 15 is 0 Å². The van der Waals surface area contributed by atoms with Crippen molar-refractivity contribution in [2.45, 2.75) is 90.9 Å². The maximum absolute atomic E-state index is 2.56. The Balaban J connectivity index is 2.21. The molecule has 1 heteroatoms. The molecule has 0 aromatic rings. The molecule has 0 spiro atoms. The highest BCUT2D eigenvalue weighted by molar-refractivity contribution is 5.39. The molecule has 0 amide bonds. The summed E-state index contributed by atoms with van der Waals surface area (Å²) in [6, 6.07) is 0. The summed E-state index contributed by atoms with van der Waals surface area (Å²) in [6.45, 7) is 7.03. The van der Waals surface area contributed by atoms with Crippen LogP contribution in [0.2, 0.25) is 0 Å². The summed E-state index contributed by atoms with van der Waals surface area (Å²) in [7, 11) is 0. The van der Waals surface area contributed by atoms with Crippen LogP contribution in [0.4, 0.5) is 0 Å². The number of rotatable bonds is 15. The minimum Gasteiger partial charge on any atom is -0.377 e. The molecular weight excluding hydrogens is 278 g/mol. The first-order valence-electron chi connectivity index (χ1n) is 10.2. The smallest absolute Gasteiger partial charge is 0.0172 e. The Morgan fingerprint density at radius 2 is 1.09 bits per heavy atom. The Morgan fingerprint density at radius 3 is 1.57 bits per heavy atom. The molecule has 23 heavy (non-hydrogen) atoms. The van der Waals surface area contributed by atoms with Gasteiger partial charge in [0.25, 0.3) is 0 Å². The van der Waals surface area contributed by atoms with Gasteiger partial charge in [-0.15, -0.1) is 0 Å².